The van der Waals surface area contributed by atoms with Crippen LogP contribution in [0.25, 0.3) is 0 Å². The standard InChI is InChI=1S/C20H32N2O4S/c1-4-5-10-21(13-14-23)20(24)18-8-11-22(12-9-18)27(25,26)19-7-6-16(2)15-17(19)3/h6-7,15,18,23H,4-5,8-14H2,1-3H3. The molecule has 1 heterocycles. The fourth-order valence-electron chi connectivity index (χ4n) is 3.63. The van der Waals surface area contributed by atoms with E-state index < -0.39 is 10.0 Å². The molecule has 0 bridgehead atoms. The zero-order valence-corrected chi connectivity index (χ0v) is 17.5. The summed E-state index contributed by atoms with van der Waals surface area (Å²) in [7, 11) is -3.53. The van der Waals surface area contributed by atoms with Crippen molar-refractivity contribution < 1.29 is 18.3 Å². The van der Waals surface area contributed by atoms with E-state index in [0.717, 1.165) is 24.0 Å². The lowest BCUT2D eigenvalue weighted by atomic mass is 9.96. The monoisotopic (exact) mass is 396 g/mol. The molecule has 1 saturated heterocycles. The molecule has 0 spiro atoms. The second kappa shape index (κ2) is 9.66. The van der Waals surface area contributed by atoms with Gasteiger partial charge in [-0.15, -0.1) is 0 Å². The van der Waals surface area contributed by atoms with Crippen molar-refractivity contribution in [3.8, 4) is 0 Å². The van der Waals surface area contributed by atoms with Crippen molar-refractivity contribution in [2.45, 2.75) is 51.3 Å². The van der Waals surface area contributed by atoms with E-state index in [9.17, 15) is 18.3 Å². The highest BCUT2D eigenvalue weighted by atomic mass is 32.2. The van der Waals surface area contributed by atoms with E-state index in [0.29, 0.717) is 43.9 Å². The third kappa shape index (κ3) is 5.30. The second-order valence-electron chi connectivity index (χ2n) is 7.35. The zero-order chi connectivity index (χ0) is 20.0. The molecule has 1 aromatic carbocycles. The highest BCUT2D eigenvalue weighted by Crippen LogP contribution is 2.27. The Kier molecular flexibility index (Phi) is 7.82. The normalized spacial score (nSPS) is 16.4. The molecule has 1 amide bonds. The van der Waals surface area contributed by atoms with Gasteiger partial charge in [0.05, 0.1) is 11.5 Å². The lowest BCUT2D eigenvalue weighted by Gasteiger charge is -2.33. The van der Waals surface area contributed by atoms with Crippen molar-refractivity contribution in [1.29, 1.82) is 0 Å². The third-order valence-corrected chi connectivity index (χ3v) is 7.27. The molecule has 27 heavy (non-hydrogen) atoms. The second-order valence-corrected chi connectivity index (χ2v) is 9.26. The smallest absolute Gasteiger partial charge is 0.243 e. The maximum Gasteiger partial charge on any atom is 0.243 e. The number of sulfonamides is 1. The minimum atomic E-state index is -3.53. The summed E-state index contributed by atoms with van der Waals surface area (Å²) < 4.78 is 27.4. The molecule has 0 unspecified atom stereocenters. The van der Waals surface area contributed by atoms with Crippen LogP contribution >= 0.6 is 0 Å². The van der Waals surface area contributed by atoms with Gasteiger partial charge >= 0.3 is 0 Å². The Labute approximate surface area is 163 Å². The highest BCUT2D eigenvalue weighted by molar-refractivity contribution is 7.89. The van der Waals surface area contributed by atoms with E-state index in [4.69, 9.17) is 0 Å². The van der Waals surface area contributed by atoms with Gasteiger partial charge in [0, 0.05) is 32.1 Å². The van der Waals surface area contributed by atoms with Crippen molar-refractivity contribution in [1.82, 2.24) is 9.21 Å². The first-order chi connectivity index (χ1) is 12.8. The Balaban J connectivity index is 2.04. The van der Waals surface area contributed by atoms with Crippen LogP contribution in [0.2, 0.25) is 0 Å². The van der Waals surface area contributed by atoms with Crippen LogP contribution in [0.3, 0.4) is 0 Å². The summed E-state index contributed by atoms with van der Waals surface area (Å²) in [5.41, 5.74) is 1.79. The summed E-state index contributed by atoms with van der Waals surface area (Å²) in [5.74, 6) is -0.125. The minimum absolute atomic E-state index is 0.0427. The summed E-state index contributed by atoms with van der Waals surface area (Å²) in [4.78, 5) is 14.8. The Hall–Kier alpha value is -1.44. The summed E-state index contributed by atoms with van der Waals surface area (Å²) >= 11 is 0. The Bertz CT molecular complexity index is 740. The Morgan fingerprint density at radius 3 is 2.44 bits per heavy atom. The predicted molar refractivity (Wildman–Crippen MR) is 106 cm³/mol. The topological polar surface area (TPSA) is 77.9 Å². The van der Waals surface area contributed by atoms with E-state index in [-0.39, 0.29) is 18.4 Å². The third-order valence-electron chi connectivity index (χ3n) is 5.21. The molecule has 0 atom stereocenters. The number of aryl methyl sites for hydroxylation is 2. The largest absolute Gasteiger partial charge is 0.395 e. The number of hydrogen-bond donors (Lipinski definition) is 1. The van der Waals surface area contributed by atoms with E-state index in [1.807, 2.05) is 26.0 Å². The lowest BCUT2D eigenvalue weighted by molar-refractivity contribution is -0.137. The van der Waals surface area contributed by atoms with Gasteiger partial charge in [0.1, 0.15) is 0 Å². The number of rotatable bonds is 8. The molecule has 0 radical (unpaired) electrons. The van der Waals surface area contributed by atoms with Gasteiger partial charge in [-0.1, -0.05) is 31.0 Å². The summed E-state index contributed by atoms with van der Waals surface area (Å²) in [6.07, 6.45) is 2.95. The molecule has 0 aliphatic carbocycles. The van der Waals surface area contributed by atoms with Crippen LogP contribution in [0.15, 0.2) is 23.1 Å². The molecular formula is C20H32N2O4S. The average molecular weight is 397 g/mol. The van der Waals surface area contributed by atoms with Gasteiger partial charge < -0.3 is 10.0 Å². The minimum Gasteiger partial charge on any atom is -0.395 e. The number of piperidine rings is 1. The molecule has 2 rings (SSSR count). The zero-order valence-electron chi connectivity index (χ0n) is 16.6. The van der Waals surface area contributed by atoms with E-state index in [2.05, 4.69) is 6.92 Å². The number of nitrogens with zero attached hydrogens (tertiary/aromatic N) is 2. The van der Waals surface area contributed by atoms with Crippen LogP contribution < -0.4 is 0 Å². The van der Waals surface area contributed by atoms with Gasteiger partial charge in [-0.25, -0.2) is 8.42 Å². The van der Waals surface area contributed by atoms with Gasteiger partial charge in [0.25, 0.3) is 0 Å². The molecule has 1 aliphatic heterocycles. The maximum atomic E-state index is 13.0. The van der Waals surface area contributed by atoms with Crippen molar-refractivity contribution >= 4 is 15.9 Å². The number of aliphatic hydroxyl groups is 1. The van der Waals surface area contributed by atoms with Crippen LogP contribution in [0.1, 0.15) is 43.7 Å². The van der Waals surface area contributed by atoms with Crippen LogP contribution in [0.4, 0.5) is 0 Å². The highest BCUT2D eigenvalue weighted by Gasteiger charge is 2.34. The SMILES string of the molecule is CCCCN(CCO)C(=O)C1CCN(S(=O)(=O)c2ccc(C)cc2C)CC1. The molecule has 0 aromatic heterocycles. The average Bonchev–Trinajstić information content (AvgIpc) is 2.64. The van der Waals surface area contributed by atoms with Crippen LogP contribution in [-0.2, 0) is 14.8 Å². The predicted octanol–water partition coefficient (Wildman–Crippen LogP) is 2.33. The summed E-state index contributed by atoms with van der Waals surface area (Å²) in [6, 6.07) is 5.37. The molecule has 1 fully saturated rings. The number of amides is 1. The molecule has 6 nitrogen and oxygen atoms in total. The van der Waals surface area contributed by atoms with E-state index in [1.54, 1.807) is 11.0 Å². The lowest BCUT2D eigenvalue weighted by Crippen LogP contribution is -2.45. The van der Waals surface area contributed by atoms with Gasteiger partial charge in [0.2, 0.25) is 15.9 Å². The van der Waals surface area contributed by atoms with Gasteiger partial charge in [-0.2, -0.15) is 4.31 Å². The number of aliphatic hydroxyl groups excluding tert-OH is 1. The van der Waals surface area contributed by atoms with Gasteiger partial charge in [0.15, 0.2) is 0 Å². The first-order valence-electron chi connectivity index (χ1n) is 9.78. The molecule has 7 heteroatoms. The number of carbonyl (C=O) groups excluding carboxylic acids is 1. The summed E-state index contributed by atoms with van der Waals surface area (Å²) in [5, 5.41) is 9.22. The number of hydrogen-bond acceptors (Lipinski definition) is 4. The molecule has 1 aromatic rings. The molecular weight excluding hydrogens is 364 g/mol. The molecule has 1 aliphatic rings. The number of benzene rings is 1. The number of carbonyl (C=O) groups is 1. The van der Waals surface area contributed by atoms with Crippen LogP contribution in [0.5, 0.6) is 0 Å². The van der Waals surface area contributed by atoms with Crippen molar-refractivity contribution in [3.63, 3.8) is 0 Å². The van der Waals surface area contributed by atoms with E-state index in [1.165, 1.54) is 4.31 Å². The summed E-state index contributed by atoms with van der Waals surface area (Å²) in [6.45, 7) is 7.48. The molecule has 1 N–H and O–H groups in total. The van der Waals surface area contributed by atoms with E-state index >= 15 is 0 Å². The molecule has 152 valence electrons. The van der Waals surface area contributed by atoms with Gasteiger partial charge in [-0.3, -0.25) is 4.79 Å². The van der Waals surface area contributed by atoms with Gasteiger partial charge in [-0.05, 0) is 44.7 Å². The quantitative estimate of drug-likeness (QED) is 0.731. The van der Waals surface area contributed by atoms with Crippen molar-refractivity contribution in [2.75, 3.05) is 32.8 Å². The Morgan fingerprint density at radius 2 is 1.89 bits per heavy atom. The van der Waals surface area contributed by atoms with Crippen LogP contribution in [0, 0.1) is 19.8 Å². The maximum absolute atomic E-state index is 13.0. The van der Waals surface area contributed by atoms with Crippen LogP contribution in [-0.4, -0.2) is 61.4 Å². The Morgan fingerprint density at radius 1 is 1.22 bits per heavy atom. The molecule has 0 saturated carbocycles. The first kappa shape index (κ1) is 21.9. The fraction of sp³-hybridized carbons (Fsp3) is 0.650. The fourth-order valence-corrected chi connectivity index (χ4v) is 5.31. The number of unbranched alkanes of at least 4 members (excludes halogenated alkanes) is 1. The first-order valence-corrected chi connectivity index (χ1v) is 11.2. The van der Waals surface area contributed by atoms with Crippen molar-refractivity contribution in [2.24, 2.45) is 5.92 Å². The van der Waals surface area contributed by atoms with Crippen molar-refractivity contribution in [3.05, 3.63) is 29.3 Å².